The van der Waals surface area contributed by atoms with Gasteiger partial charge in [0.1, 0.15) is 12.4 Å². The summed E-state index contributed by atoms with van der Waals surface area (Å²) < 4.78 is 5.69. The number of aromatic amines is 1. The molecule has 2 aromatic rings. The highest BCUT2D eigenvalue weighted by Gasteiger charge is 2.32. The number of carbonyl (C=O) groups excluding carboxylic acids is 1. The van der Waals surface area contributed by atoms with Crippen LogP contribution in [-0.4, -0.2) is 44.8 Å². The van der Waals surface area contributed by atoms with Crippen molar-refractivity contribution in [2.45, 2.75) is 57.8 Å². The van der Waals surface area contributed by atoms with E-state index in [9.17, 15) is 9.90 Å². The molecule has 2 N–H and O–H groups in total. The summed E-state index contributed by atoms with van der Waals surface area (Å²) in [6.45, 7) is 2.99. The van der Waals surface area contributed by atoms with E-state index in [0.29, 0.717) is 18.8 Å². The average Bonchev–Trinajstić information content (AvgIpc) is 3.15. The normalized spacial score (nSPS) is 19.9. The van der Waals surface area contributed by atoms with Gasteiger partial charge in [0.05, 0.1) is 17.8 Å². The van der Waals surface area contributed by atoms with E-state index in [1.54, 1.807) is 11.0 Å². The minimum absolute atomic E-state index is 0.114. The maximum absolute atomic E-state index is 13.0. The van der Waals surface area contributed by atoms with Gasteiger partial charge in [0, 0.05) is 6.54 Å². The number of aliphatic hydroxyl groups excluding tert-OH is 1. The fraction of sp³-hybridized carbons (Fsp3) is 0.500. The van der Waals surface area contributed by atoms with Crippen LogP contribution in [0.15, 0.2) is 36.4 Å². The minimum atomic E-state index is -0.445. The van der Waals surface area contributed by atoms with Crippen molar-refractivity contribution in [1.82, 2.24) is 15.1 Å². The molecule has 1 saturated carbocycles. The number of carbonyl (C=O) groups is 1. The van der Waals surface area contributed by atoms with E-state index in [1.165, 1.54) is 0 Å². The summed E-state index contributed by atoms with van der Waals surface area (Å²) >= 11 is 0. The molecule has 2 atom stereocenters. The Labute approximate surface area is 154 Å². The van der Waals surface area contributed by atoms with Gasteiger partial charge in [-0.1, -0.05) is 38.0 Å². The van der Waals surface area contributed by atoms with Gasteiger partial charge in [-0.25, -0.2) is 0 Å². The highest BCUT2D eigenvalue weighted by molar-refractivity contribution is 5.92. The number of ether oxygens (including phenoxy) is 1. The third-order valence-corrected chi connectivity index (χ3v) is 4.81. The van der Waals surface area contributed by atoms with E-state index in [4.69, 9.17) is 4.74 Å². The molecular formula is C20H27N3O3. The molecule has 0 aliphatic heterocycles. The molecule has 26 heavy (non-hydrogen) atoms. The Morgan fingerprint density at radius 3 is 2.81 bits per heavy atom. The number of hydrogen-bond donors (Lipinski definition) is 2. The second kappa shape index (κ2) is 8.85. The van der Waals surface area contributed by atoms with Crippen molar-refractivity contribution in [2.75, 3.05) is 6.54 Å². The summed E-state index contributed by atoms with van der Waals surface area (Å²) in [7, 11) is 0. The molecule has 6 nitrogen and oxygen atoms in total. The molecule has 1 aromatic carbocycles. The predicted molar refractivity (Wildman–Crippen MR) is 99.0 cm³/mol. The van der Waals surface area contributed by atoms with Gasteiger partial charge in [-0.15, -0.1) is 0 Å². The number of nitrogens with one attached hydrogen (secondary N) is 1. The number of rotatable bonds is 7. The first kappa shape index (κ1) is 18.5. The topological polar surface area (TPSA) is 78.5 Å². The van der Waals surface area contributed by atoms with Crippen molar-refractivity contribution in [3.8, 4) is 5.75 Å². The molecule has 0 unspecified atom stereocenters. The minimum Gasteiger partial charge on any atom is -0.487 e. The van der Waals surface area contributed by atoms with Gasteiger partial charge in [0.25, 0.3) is 5.91 Å². The molecule has 1 aliphatic rings. The number of aromatic nitrogens is 2. The lowest BCUT2D eigenvalue weighted by Crippen LogP contribution is -2.49. The molecule has 1 aliphatic carbocycles. The lowest BCUT2D eigenvalue weighted by Gasteiger charge is -2.37. The van der Waals surface area contributed by atoms with Crippen molar-refractivity contribution in [3.05, 3.63) is 47.8 Å². The van der Waals surface area contributed by atoms with Crippen molar-refractivity contribution in [1.29, 1.82) is 0 Å². The zero-order chi connectivity index (χ0) is 18.4. The second-order valence-electron chi connectivity index (χ2n) is 6.80. The van der Waals surface area contributed by atoms with Crippen molar-refractivity contribution in [3.63, 3.8) is 0 Å². The lowest BCUT2D eigenvalue weighted by atomic mass is 9.91. The number of H-pyrrole nitrogens is 1. The molecule has 1 aromatic heterocycles. The maximum Gasteiger partial charge on any atom is 0.274 e. The third kappa shape index (κ3) is 4.43. The summed E-state index contributed by atoms with van der Waals surface area (Å²) in [4.78, 5) is 14.8. The summed E-state index contributed by atoms with van der Waals surface area (Å²) in [6.07, 6.45) is 4.08. The standard InChI is InChI=1S/C20H27N3O3/c1-2-12-23(18-10-6-7-11-19(18)24)20(25)17-13-15(21-22-17)14-26-16-8-4-3-5-9-16/h3-5,8-9,13,18-19,24H,2,6-7,10-12,14H2,1H3,(H,21,22)/t18-,19-/m1/s1. The lowest BCUT2D eigenvalue weighted by molar-refractivity contribution is 0.0175. The highest BCUT2D eigenvalue weighted by Crippen LogP contribution is 2.25. The zero-order valence-electron chi connectivity index (χ0n) is 15.2. The fourth-order valence-corrected chi connectivity index (χ4v) is 3.48. The molecule has 0 saturated heterocycles. The van der Waals surface area contributed by atoms with Crippen LogP contribution in [-0.2, 0) is 6.61 Å². The molecule has 0 bridgehead atoms. The number of benzene rings is 1. The van der Waals surface area contributed by atoms with Gasteiger partial charge in [0.2, 0.25) is 0 Å². The van der Waals surface area contributed by atoms with Crippen molar-refractivity contribution < 1.29 is 14.6 Å². The SMILES string of the molecule is CCCN(C(=O)c1cc(COc2ccccc2)[nH]n1)[C@@H]1CCCC[C@H]1O. The number of nitrogens with zero attached hydrogens (tertiary/aromatic N) is 2. The first-order valence-corrected chi connectivity index (χ1v) is 9.40. The van der Waals surface area contributed by atoms with E-state index < -0.39 is 6.10 Å². The Bertz CT molecular complexity index is 701. The Kier molecular flexibility index (Phi) is 6.28. The molecule has 140 valence electrons. The Morgan fingerprint density at radius 1 is 1.31 bits per heavy atom. The number of hydrogen-bond acceptors (Lipinski definition) is 4. The van der Waals surface area contributed by atoms with Gasteiger partial charge in [0.15, 0.2) is 5.69 Å². The quantitative estimate of drug-likeness (QED) is 0.798. The molecule has 0 spiro atoms. The smallest absolute Gasteiger partial charge is 0.274 e. The predicted octanol–water partition coefficient (Wildman–Crippen LogP) is 3.14. The van der Waals surface area contributed by atoms with E-state index in [-0.39, 0.29) is 11.9 Å². The summed E-state index contributed by atoms with van der Waals surface area (Å²) in [5.74, 6) is 0.646. The van der Waals surface area contributed by atoms with Gasteiger partial charge in [-0.2, -0.15) is 5.10 Å². The Morgan fingerprint density at radius 2 is 2.08 bits per heavy atom. The van der Waals surface area contributed by atoms with Crippen LogP contribution in [0.2, 0.25) is 0 Å². The summed E-state index contributed by atoms with van der Waals surface area (Å²) in [5, 5.41) is 17.4. The molecule has 0 radical (unpaired) electrons. The van der Waals surface area contributed by atoms with Crippen LogP contribution >= 0.6 is 0 Å². The second-order valence-corrected chi connectivity index (χ2v) is 6.80. The maximum atomic E-state index is 13.0. The van der Waals surface area contributed by atoms with Crippen molar-refractivity contribution in [2.24, 2.45) is 0 Å². The van der Waals surface area contributed by atoms with Crippen LogP contribution in [0, 0.1) is 0 Å². The number of amides is 1. The van der Waals surface area contributed by atoms with Gasteiger partial charge < -0.3 is 14.7 Å². The van der Waals surface area contributed by atoms with Crippen LogP contribution in [0.1, 0.15) is 55.2 Å². The summed E-state index contributed by atoms with van der Waals surface area (Å²) in [6, 6.07) is 11.2. The number of para-hydroxylation sites is 1. The van der Waals surface area contributed by atoms with Gasteiger partial charge in [-0.05, 0) is 37.5 Å². The van der Waals surface area contributed by atoms with Crippen molar-refractivity contribution >= 4 is 5.91 Å². The van der Waals surface area contributed by atoms with Crippen LogP contribution < -0.4 is 4.74 Å². The zero-order valence-corrected chi connectivity index (χ0v) is 15.2. The molecule has 1 amide bonds. The first-order valence-electron chi connectivity index (χ1n) is 9.40. The van der Waals surface area contributed by atoms with E-state index in [2.05, 4.69) is 10.2 Å². The largest absolute Gasteiger partial charge is 0.487 e. The first-order chi connectivity index (χ1) is 12.7. The van der Waals surface area contributed by atoms with Crippen LogP contribution in [0.5, 0.6) is 5.75 Å². The molecular weight excluding hydrogens is 330 g/mol. The van der Waals surface area contributed by atoms with Crippen LogP contribution in [0.3, 0.4) is 0 Å². The Balaban J connectivity index is 1.66. The van der Waals surface area contributed by atoms with Crippen LogP contribution in [0.25, 0.3) is 0 Å². The molecule has 1 fully saturated rings. The number of aliphatic hydroxyl groups is 1. The fourth-order valence-electron chi connectivity index (χ4n) is 3.48. The monoisotopic (exact) mass is 357 g/mol. The molecule has 6 heteroatoms. The highest BCUT2D eigenvalue weighted by atomic mass is 16.5. The van der Waals surface area contributed by atoms with Crippen LogP contribution in [0.4, 0.5) is 0 Å². The Hall–Kier alpha value is -2.34. The third-order valence-electron chi connectivity index (χ3n) is 4.81. The molecule has 1 heterocycles. The summed E-state index contributed by atoms with van der Waals surface area (Å²) in [5.41, 5.74) is 1.13. The van der Waals surface area contributed by atoms with E-state index in [1.807, 2.05) is 37.3 Å². The van der Waals surface area contributed by atoms with Gasteiger partial charge >= 0.3 is 0 Å². The van der Waals surface area contributed by atoms with E-state index in [0.717, 1.165) is 43.5 Å². The van der Waals surface area contributed by atoms with Gasteiger partial charge in [-0.3, -0.25) is 9.89 Å². The average molecular weight is 357 g/mol. The molecule has 3 rings (SSSR count). The van der Waals surface area contributed by atoms with E-state index >= 15 is 0 Å².